The Morgan fingerprint density at radius 1 is 0.556 bits per heavy atom. The van der Waals surface area contributed by atoms with Gasteiger partial charge < -0.3 is 0 Å². The standard InChI is InChI=1S/C46H42N6O2/c1-25(2)31-15-11-16-32(26(3)4)41(31)51-40(20-19-35-43(53)36-21-29-13-9-10-14-30(29)22-37(36)44(35)54)52(46-45(51)49-38(23-47)39(24-48)50-46)42-33(27(5)6)17-12-18-34(42)28(7)8/h9-22,25-28H,1-8H3. The van der Waals surface area contributed by atoms with Crippen LogP contribution in [-0.4, -0.2) is 21.5 Å². The molecule has 5 aromatic rings. The van der Waals surface area contributed by atoms with E-state index in [4.69, 9.17) is 9.97 Å². The molecular formula is C46H42N6O2. The maximum atomic E-state index is 14.1. The summed E-state index contributed by atoms with van der Waals surface area (Å²) < 4.78 is 0. The molecule has 0 spiro atoms. The fourth-order valence-electron chi connectivity index (χ4n) is 7.64. The molecule has 0 bridgehead atoms. The summed E-state index contributed by atoms with van der Waals surface area (Å²) in [5.41, 5.74) is 6.60. The van der Waals surface area contributed by atoms with Gasteiger partial charge in [-0.05, 0) is 81.0 Å². The summed E-state index contributed by atoms with van der Waals surface area (Å²) >= 11 is 0. The molecule has 2 heterocycles. The summed E-state index contributed by atoms with van der Waals surface area (Å²) in [5, 5.41) is 22.2. The minimum absolute atomic E-state index is 0.0578. The molecule has 1 aliphatic carbocycles. The fraction of sp³-hybridized carbons (Fsp3) is 0.261. The lowest BCUT2D eigenvalue weighted by Gasteiger charge is -2.32. The molecular weight excluding hydrogens is 669 g/mol. The number of hydrogen-bond acceptors (Lipinski definition) is 8. The first-order valence-electron chi connectivity index (χ1n) is 18.5. The van der Waals surface area contributed by atoms with Gasteiger partial charge in [0, 0.05) is 11.1 Å². The highest BCUT2D eigenvalue weighted by molar-refractivity contribution is 6.40. The lowest BCUT2D eigenvalue weighted by atomic mass is 9.91. The number of allylic oxidation sites excluding steroid dienone is 3. The van der Waals surface area contributed by atoms with Crippen molar-refractivity contribution in [3.63, 3.8) is 0 Å². The lowest BCUT2D eigenvalue weighted by Crippen LogP contribution is -2.26. The van der Waals surface area contributed by atoms with Crippen molar-refractivity contribution in [1.29, 1.82) is 10.5 Å². The molecule has 0 radical (unpaired) electrons. The first-order chi connectivity index (χ1) is 25.9. The van der Waals surface area contributed by atoms with Crippen molar-refractivity contribution in [1.82, 2.24) is 9.97 Å². The number of rotatable bonds is 7. The van der Waals surface area contributed by atoms with Gasteiger partial charge >= 0.3 is 0 Å². The van der Waals surface area contributed by atoms with Gasteiger partial charge in [-0.15, -0.1) is 0 Å². The van der Waals surface area contributed by atoms with Crippen molar-refractivity contribution in [2.24, 2.45) is 0 Å². The third kappa shape index (κ3) is 5.76. The largest absolute Gasteiger partial charge is 0.288 e. The van der Waals surface area contributed by atoms with Crippen molar-refractivity contribution < 1.29 is 9.59 Å². The second-order valence-electron chi connectivity index (χ2n) is 15.2. The molecule has 0 saturated heterocycles. The Balaban J connectivity index is 1.60. The zero-order valence-corrected chi connectivity index (χ0v) is 31.9. The van der Waals surface area contributed by atoms with Crippen LogP contribution in [0.4, 0.5) is 23.0 Å². The Hall–Kier alpha value is -6.38. The summed E-state index contributed by atoms with van der Waals surface area (Å²) in [6, 6.07) is 28.0. The molecule has 0 unspecified atom stereocenters. The molecule has 2 aliphatic rings. The first-order valence-corrected chi connectivity index (χ1v) is 18.5. The van der Waals surface area contributed by atoms with Crippen LogP contribution >= 0.6 is 0 Å². The van der Waals surface area contributed by atoms with Crippen molar-refractivity contribution in [3.05, 3.63) is 141 Å². The zero-order valence-electron chi connectivity index (χ0n) is 31.9. The van der Waals surface area contributed by atoms with Crippen LogP contribution in [-0.2, 0) is 0 Å². The van der Waals surface area contributed by atoms with E-state index in [9.17, 15) is 20.1 Å². The first kappa shape index (κ1) is 36.0. The Bertz CT molecular complexity index is 2320. The Morgan fingerprint density at radius 2 is 0.926 bits per heavy atom. The summed E-state index contributed by atoms with van der Waals surface area (Å²) in [4.78, 5) is 42.0. The molecule has 7 rings (SSSR count). The average Bonchev–Trinajstić information content (AvgIpc) is 3.59. The smallest absolute Gasteiger partial charge is 0.197 e. The zero-order chi connectivity index (χ0) is 38.6. The molecule has 1 aromatic heterocycles. The van der Waals surface area contributed by atoms with Gasteiger partial charge in [-0.2, -0.15) is 10.5 Å². The number of para-hydroxylation sites is 2. The van der Waals surface area contributed by atoms with Crippen LogP contribution in [0.25, 0.3) is 10.8 Å². The van der Waals surface area contributed by atoms with Gasteiger partial charge in [0.2, 0.25) is 0 Å². The Kier molecular flexibility index (Phi) is 9.25. The average molecular weight is 711 g/mol. The van der Waals surface area contributed by atoms with Gasteiger partial charge in [0.05, 0.1) is 16.9 Å². The Labute approximate surface area is 316 Å². The number of hydrogen-bond donors (Lipinski definition) is 0. The molecule has 0 saturated carbocycles. The number of ketones is 2. The van der Waals surface area contributed by atoms with Gasteiger partial charge in [0.1, 0.15) is 18.0 Å². The second kappa shape index (κ2) is 13.9. The molecule has 4 aromatic carbocycles. The lowest BCUT2D eigenvalue weighted by molar-refractivity contribution is 0.0988. The fourth-order valence-corrected chi connectivity index (χ4v) is 7.64. The summed E-state index contributed by atoms with van der Waals surface area (Å²) in [6.07, 6.45) is 3.42. The van der Waals surface area contributed by atoms with Gasteiger partial charge in [-0.3, -0.25) is 19.4 Å². The number of carbonyl (C=O) groups excluding carboxylic acids is 2. The highest BCUT2D eigenvalue weighted by Gasteiger charge is 2.42. The van der Waals surface area contributed by atoms with Crippen LogP contribution in [0.2, 0.25) is 0 Å². The number of aromatic nitrogens is 2. The van der Waals surface area contributed by atoms with Gasteiger partial charge in [0.15, 0.2) is 34.6 Å². The summed E-state index contributed by atoms with van der Waals surface area (Å²) in [6.45, 7) is 17.1. The van der Waals surface area contributed by atoms with E-state index in [-0.39, 0.29) is 52.2 Å². The molecule has 0 fully saturated rings. The number of anilines is 4. The monoisotopic (exact) mass is 710 g/mol. The van der Waals surface area contributed by atoms with Crippen LogP contribution in [0.5, 0.6) is 0 Å². The molecule has 268 valence electrons. The van der Waals surface area contributed by atoms with Gasteiger partial charge in [0.25, 0.3) is 0 Å². The minimum Gasteiger partial charge on any atom is -0.288 e. The van der Waals surface area contributed by atoms with Crippen LogP contribution in [0.1, 0.15) is 133 Å². The molecule has 0 amide bonds. The van der Waals surface area contributed by atoms with E-state index < -0.39 is 0 Å². The molecule has 0 N–H and O–H groups in total. The highest BCUT2D eigenvalue weighted by atomic mass is 16.2. The minimum atomic E-state index is -0.336. The van der Waals surface area contributed by atoms with E-state index in [0.29, 0.717) is 28.6 Å². The number of carbonyl (C=O) groups is 2. The highest BCUT2D eigenvalue weighted by Crippen LogP contribution is 2.54. The third-order valence-corrected chi connectivity index (χ3v) is 10.3. The molecule has 1 aliphatic heterocycles. The van der Waals surface area contributed by atoms with Crippen molar-refractivity contribution >= 4 is 45.3 Å². The summed E-state index contributed by atoms with van der Waals surface area (Å²) in [7, 11) is 0. The van der Waals surface area contributed by atoms with E-state index in [1.165, 1.54) is 0 Å². The van der Waals surface area contributed by atoms with E-state index in [1.807, 2.05) is 34.1 Å². The second-order valence-corrected chi connectivity index (χ2v) is 15.2. The van der Waals surface area contributed by atoms with E-state index >= 15 is 0 Å². The van der Waals surface area contributed by atoms with E-state index in [0.717, 1.165) is 44.4 Å². The molecule has 54 heavy (non-hydrogen) atoms. The normalized spacial score (nSPS) is 13.7. The summed E-state index contributed by atoms with van der Waals surface area (Å²) in [5.74, 6) is 1.04. The predicted octanol–water partition coefficient (Wildman–Crippen LogP) is 11.0. The van der Waals surface area contributed by atoms with Crippen molar-refractivity contribution in [3.8, 4) is 12.1 Å². The van der Waals surface area contributed by atoms with Crippen LogP contribution in [0.3, 0.4) is 0 Å². The third-order valence-electron chi connectivity index (χ3n) is 10.3. The molecule has 8 heteroatoms. The predicted molar refractivity (Wildman–Crippen MR) is 214 cm³/mol. The molecule has 0 atom stereocenters. The SMILES string of the molecule is CC(C)c1cccc(C(C)C)c1N1C(=CC=C2C(=O)c3cc4ccccc4cc3C2=O)N(c2c(C(C)C)cccc2C(C)C)c2nc(C#N)c(C#N)nc21. The molecule has 8 nitrogen and oxygen atoms in total. The quantitative estimate of drug-likeness (QED) is 0.121. The van der Waals surface area contributed by atoms with Crippen molar-refractivity contribution in [2.75, 3.05) is 9.80 Å². The maximum Gasteiger partial charge on any atom is 0.197 e. The van der Waals surface area contributed by atoms with E-state index in [1.54, 1.807) is 24.3 Å². The Morgan fingerprint density at radius 3 is 1.26 bits per heavy atom. The number of nitriles is 2. The van der Waals surface area contributed by atoms with Crippen LogP contribution in [0, 0.1) is 22.7 Å². The number of fused-ring (bicyclic) bond motifs is 3. The van der Waals surface area contributed by atoms with Crippen molar-refractivity contribution in [2.45, 2.75) is 79.1 Å². The van der Waals surface area contributed by atoms with Crippen LogP contribution in [0.15, 0.2) is 96.3 Å². The number of Topliss-reactive ketones (excluding diaryl/α,β-unsaturated/α-hetero) is 2. The number of benzene rings is 4. The van der Waals surface area contributed by atoms with Gasteiger partial charge in [-0.1, -0.05) is 116 Å². The topological polar surface area (TPSA) is 114 Å². The maximum absolute atomic E-state index is 14.1. The number of nitrogens with zero attached hydrogens (tertiary/aromatic N) is 6. The van der Waals surface area contributed by atoms with E-state index in [2.05, 4.69) is 104 Å². The van der Waals surface area contributed by atoms with Gasteiger partial charge in [-0.25, -0.2) is 9.97 Å². The van der Waals surface area contributed by atoms with Crippen LogP contribution < -0.4 is 9.80 Å².